The lowest BCUT2D eigenvalue weighted by Crippen LogP contribution is -2.27. The van der Waals surface area contributed by atoms with Gasteiger partial charge in [0.25, 0.3) is 0 Å². The van der Waals surface area contributed by atoms with Gasteiger partial charge >= 0.3 is 0 Å². The first-order valence-electron chi connectivity index (χ1n) is 6.25. The van der Waals surface area contributed by atoms with Gasteiger partial charge in [-0.05, 0) is 24.4 Å². The Hall–Kier alpha value is -1.36. The number of rotatable bonds is 6. The second-order valence-electron chi connectivity index (χ2n) is 4.41. The second-order valence-corrected chi connectivity index (χ2v) is 5.44. The summed E-state index contributed by atoms with van der Waals surface area (Å²) < 4.78 is 11.4. The molecule has 2 N–H and O–H groups in total. The maximum absolute atomic E-state index is 6.05. The summed E-state index contributed by atoms with van der Waals surface area (Å²) in [6, 6.07) is 11.8. The lowest BCUT2D eigenvalue weighted by atomic mass is 10.0. The van der Waals surface area contributed by atoms with Crippen LogP contribution in [0.1, 0.15) is 23.5 Å². The number of para-hydroxylation sites is 1. The summed E-state index contributed by atoms with van der Waals surface area (Å²) in [6.45, 7) is 2.52. The van der Waals surface area contributed by atoms with Gasteiger partial charge < -0.3 is 15.2 Å². The Morgan fingerprint density at radius 3 is 2.63 bits per heavy atom. The van der Waals surface area contributed by atoms with Crippen molar-refractivity contribution in [2.45, 2.75) is 25.7 Å². The topological polar surface area (TPSA) is 44.5 Å². The highest BCUT2D eigenvalue weighted by Crippen LogP contribution is 2.30. The first-order valence-corrected chi connectivity index (χ1v) is 7.13. The van der Waals surface area contributed by atoms with E-state index in [1.165, 1.54) is 4.88 Å². The third-order valence-corrected chi connectivity index (χ3v) is 3.76. The molecule has 2 aromatic rings. The molecule has 1 aromatic carbocycles. The Morgan fingerprint density at radius 2 is 2.00 bits per heavy atom. The van der Waals surface area contributed by atoms with Crippen LogP contribution in [0, 0.1) is 0 Å². The molecule has 0 saturated heterocycles. The molecule has 19 heavy (non-hydrogen) atoms. The van der Waals surface area contributed by atoms with Gasteiger partial charge in [-0.1, -0.05) is 24.3 Å². The second kappa shape index (κ2) is 6.70. The van der Waals surface area contributed by atoms with Gasteiger partial charge in [-0.25, -0.2) is 0 Å². The Morgan fingerprint density at radius 1 is 1.21 bits per heavy atom. The van der Waals surface area contributed by atoms with Crippen LogP contribution in [0.25, 0.3) is 0 Å². The average molecular weight is 277 g/mol. The molecule has 0 radical (unpaired) electrons. The lowest BCUT2D eigenvalue weighted by Gasteiger charge is -2.23. The summed E-state index contributed by atoms with van der Waals surface area (Å²) in [4.78, 5) is 1.19. The predicted octanol–water partition coefficient (Wildman–Crippen LogP) is 3.36. The normalized spacial score (nSPS) is 14.1. The van der Waals surface area contributed by atoms with E-state index < -0.39 is 0 Å². The molecule has 0 aliphatic carbocycles. The highest BCUT2D eigenvalue weighted by Gasteiger charge is 2.20. The van der Waals surface area contributed by atoms with Gasteiger partial charge in [0, 0.05) is 16.5 Å². The number of ether oxygens (including phenoxy) is 2. The highest BCUT2D eigenvalue weighted by molar-refractivity contribution is 7.09. The van der Waals surface area contributed by atoms with E-state index in [1.807, 2.05) is 42.6 Å². The van der Waals surface area contributed by atoms with Crippen molar-refractivity contribution in [3.8, 4) is 5.75 Å². The van der Waals surface area contributed by atoms with Crippen LogP contribution < -0.4 is 10.5 Å². The zero-order chi connectivity index (χ0) is 13.7. The van der Waals surface area contributed by atoms with E-state index in [2.05, 4.69) is 6.07 Å². The van der Waals surface area contributed by atoms with Crippen molar-refractivity contribution in [1.29, 1.82) is 0 Å². The van der Waals surface area contributed by atoms with Crippen LogP contribution in [-0.4, -0.2) is 13.2 Å². The van der Waals surface area contributed by atoms with Crippen molar-refractivity contribution >= 4 is 11.3 Å². The van der Waals surface area contributed by atoms with Crippen LogP contribution in [0.2, 0.25) is 0 Å². The molecule has 0 bridgehead atoms. The van der Waals surface area contributed by atoms with E-state index in [0.717, 1.165) is 11.3 Å². The summed E-state index contributed by atoms with van der Waals surface area (Å²) in [7, 11) is 1.66. The van der Waals surface area contributed by atoms with E-state index >= 15 is 0 Å². The molecule has 4 heteroatoms. The van der Waals surface area contributed by atoms with Gasteiger partial charge in [0.2, 0.25) is 0 Å². The van der Waals surface area contributed by atoms with Crippen molar-refractivity contribution in [3.05, 3.63) is 52.2 Å². The summed E-state index contributed by atoms with van der Waals surface area (Å²) in [5.74, 6) is 0.816. The van der Waals surface area contributed by atoms with Crippen LogP contribution in [0.4, 0.5) is 0 Å². The van der Waals surface area contributed by atoms with Crippen LogP contribution in [0.15, 0.2) is 41.8 Å². The average Bonchev–Trinajstić information content (AvgIpc) is 2.92. The van der Waals surface area contributed by atoms with Crippen LogP contribution in [0.3, 0.4) is 0 Å². The molecule has 0 aliphatic rings. The van der Waals surface area contributed by atoms with E-state index in [1.54, 1.807) is 18.4 Å². The van der Waals surface area contributed by atoms with Gasteiger partial charge in [0.1, 0.15) is 11.9 Å². The minimum atomic E-state index is -0.168. The van der Waals surface area contributed by atoms with E-state index in [-0.39, 0.29) is 12.1 Å². The quantitative estimate of drug-likeness (QED) is 0.880. The number of nitrogens with two attached hydrogens (primary N) is 1. The molecule has 0 spiro atoms. The Labute approximate surface area is 118 Å². The molecule has 1 heterocycles. The summed E-state index contributed by atoms with van der Waals surface area (Å²) in [6.07, 6.45) is -0.168. The van der Waals surface area contributed by atoms with Crippen molar-refractivity contribution in [1.82, 2.24) is 0 Å². The fourth-order valence-electron chi connectivity index (χ4n) is 1.99. The maximum Gasteiger partial charge on any atom is 0.124 e. The molecular formula is C15H19NO2S. The monoisotopic (exact) mass is 277 g/mol. The standard InChI is InChI=1S/C15H19NO2S/c1-11(16)15(18-10-12-6-5-9-19-12)13-7-3-4-8-14(13)17-2/h3-9,11,15H,10,16H2,1-2H3. The van der Waals surface area contributed by atoms with Crippen molar-refractivity contribution in [2.24, 2.45) is 5.73 Å². The van der Waals surface area contributed by atoms with Gasteiger partial charge in [-0.2, -0.15) is 0 Å². The number of hydrogen-bond acceptors (Lipinski definition) is 4. The molecule has 0 saturated carbocycles. The zero-order valence-corrected chi connectivity index (χ0v) is 12.0. The molecule has 1 aromatic heterocycles. The van der Waals surface area contributed by atoms with E-state index in [0.29, 0.717) is 6.61 Å². The number of benzene rings is 1. The van der Waals surface area contributed by atoms with Crippen LogP contribution in [0.5, 0.6) is 5.75 Å². The molecule has 0 aliphatic heterocycles. The zero-order valence-electron chi connectivity index (χ0n) is 11.2. The van der Waals surface area contributed by atoms with Gasteiger partial charge in [-0.3, -0.25) is 0 Å². The lowest BCUT2D eigenvalue weighted by molar-refractivity contribution is 0.0259. The summed E-state index contributed by atoms with van der Waals surface area (Å²) >= 11 is 1.68. The minimum absolute atomic E-state index is 0.101. The van der Waals surface area contributed by atoms with Gasteiger partial charge in [0.15, 0.2) is 0 Å². The molecule has 2 unspecified atom stereocenters. The molecular weight excluding hydrogens is 258 g/mol. The minimum Gasteiger partial charge on any atom is -0.496 e. The fraction of sp³-hybridized carbons (Fsp3) is 0.333. The summed E-state index contributed by atoms with van der Waals surface area (Å²) in [5, 5.41) is 2.04. The number of hydrogen-bond donors (Lipinski definition) is 1. The first-order chi connectivity index (χ1) is 9.22. The maximum atomic E-state index is 6.05. The largest absolute Gasteiger partial charge is 0.496 e. The molecule has 2 rings (SSSR count). The number of methoxy groups -OCH3 is 1. The highest BCUT2D eigenvalue weighted by atomic mass is 32.1. The van der Waals surface area contributed by atoms with Crippen molar-refractivity contribution < 1.29 is 9.47 Å². The van der Waals surface area contributed by atoms with E-state index in [9.17, 15) is 0 Å². The SMILES string of the molecule is COc1ccccc1C(OCc1cccs1)C(C)N. The van der Waals surface area contributed by atoms with Gasteiger partial charge in [0.05, 0.1) is 13.7 Å². The predicted molar refractivity (Wildman–Crippen MR) is 78.5 cm³/mol. The Kier molecular flexibility index (Phi) is 4.96. The molecule has 2 atom stereocenters. The first kappa shape index (κ1) is 14.1. The third kappa shape index (κ3) is 3.56. The fourth-order valence-corrected chi connectivity index (χ4v) is 2.62. The van der Waals surface area contributed by atoms with Crippen LogP contribution >= 0.6 is 11.3 Å². The molecule has 3 nitrogen and oxygen atoms in total. The van der Waals surface area contributed by atoms with E-state index in [4.69, 9.17) is 15.2 Å². The van der Waals surface area contributed by atoms with Crippen molar-refractivity contribution in [3.63, 3.8) is 0 Å². The summed E-state index contributed by atoms with van der Waals surface area (Å²) in [5.41, 5.74) is 7.05. The van der Waals surface area contributed by atoms with Gasteiger partial charge in [-0.15, -0.1) is 11.3 Å². The van der Waals surface area contributed by atoms with Crippen molar-refractivity contribution in [2.75, 3.05) is 7.11 Å². The number of thiophene rings is 1. The Bertz CT molecular complexity index is 497. The smallest absolute Gasteiger partial charge is 0.124 e. The Balaban J connectivity index is 2.15. The van der Waals surface area contributed by atoms with Crippen LogP contribution in [-0.2, 0) is 11.3 Å². The molecule has 0 amide bonds. The molecule has 0 fully saturated rings. The third-order valence-electron chi connectivity index (χ3n) is 2.91. The molecule has 102 valence electrons.